The summed E-state index contributed by atoms with van der Waals surface area (Å²) in [4.78, 5) is 10.5. The van der Waals surface area contributed by atoms with Crippen molar-refractivity contribution in [2.45, 2.75) is 6.54 Å². The number of fused-ring (bicyclic) bond motifs is 1. The number of anilines is 3. The van der Waals surface area contributed by atoms with E-state index in [0.29, 0.717) is 18.1 Å². The highest BCUT2D eigenvalue weighted by Crippen LogP contribution is 2.22. The van der Waals surface area contributed by atoms with E-state index in [1.807, 2.05) is 30.1 Å². The minimum Gasteiger partial charge on any atom is -0.495 e. The van der Waals surface area contributed by atoms with E-state index in [1.54, 1.807) is 42.3 Å². The standard InChI is InChI=1S/C20H19FN6O/c1-26(13-14-3-5-15(21)6-4-14)19-8-7-18-23-12-20(27(18)25-19)24-16-9-17(28-2)11-22-10-16/h3-12,24H,13H2,1-2H3. The quantitative estimate of drug-likeness (QED) is 0.552. The van der Waals surface area contributed by atoms with Crippen LogP contribution in [0.25, 0.3) is 5.65 Å². The molecule has 0 saturated heterocycles. The van der Waals surface area contributed by atoms with E-state index in [1.165, 1.54) is 12.1 Å². The Morgan fingerprint density at radius 1 is 1.11 bits per heavy atom. The van der Waals surface area contributed by atoms with Gasteiger partial charge in [0, 0.05) is 19.7 Å². The third kappa shape index (κ3) is 3.71. The van der Waals surface area contributed by atoms with Crippen LogP contribution in [0, 0.1) is 5.82 Å². The molecule has 3 heterocycles. The van der Waals surface area contributed by atoms with E-state index in [2.05, 4.69) is 20.4 Å². The fraction of sp³-hybridized carbons (Fsp3) is 0.150. The fourth-order valence-electron chi connectivity index (χ4n) is 2.84. The third-order valence-electron chi connectivity index (χ3n) is 4.29. The summed E-state index contributed by atoms with van der Waals surface area (Å²) in [6.45, 7) is 0.607. The maximum Gasteiger partial charge on any atom is 0.156 e. The van der Waals surface area contributed by atoms with Crippen molar-refractivity contribution in [2.24, 2.45) is 0 Å². The van der Waals surface area contributed by atoms with Gasteiger partial charge in [0.25, 0.3) is 0 Å². The van der Waals surface area contributed by atoms with Gasteiger partial charge in [0.05, 0.1) is 31.4 Å². The Bertz CT molecular complexity index is 1100. The van der Waals surface area contributed by atoms with Crippen molar-refractivity contribution in [3.05, 3.63) is 72.4 Å². The maximum absolute atomic E-state index is 13.1. The van der Waals surface area contributed by atoms with E-state index in [4.69, 9.17) is 4.74 Å². The van der Waals surface area contributed by atoms with Gasteiger partial charge in [0.15, 0.2) is 11.5 Å². The van der Waals surface area contributed by atoms with Gasteiger partial charge in [-0.15, -0.1) is 5.10 Å². The van der Waals surface area contributed by atoms with Crippen LogP contribution in [0.2, 0.25) is 0 Å². The first-order valence-electron chi connectivity index (χ1n) is 8.69. The van der Waals surface area contributed by atoms with Gasteiger partial charge in [-0.05, 0) is 29.8 Å². The molecule has 8 heteroatoms. The van der Waals surface area contributed by atoms with Crippen molar-refractivity contribution in [1.82, 2.24) is 19.6 Å². The molecule has 4 aromatic rings. The molecule has 0 aliphatic carbocycles. The van der Waals surface area contributed by atoms with E-state index >= 15 is 0 Å². The molecule has 28 heavy (non-hydrogen) atoms. The summed E-state index contributed by atoms with van der Waals surface area (Å²) in [5, 5.41) is 7.94. The van der Waals surface area contributed by atoms with Gasteiger partial charge in [0.2, 0.25) is 0 Å². The number of halogens is 1. The molecule has 0 spiro atoms. The second kappa shape index (κ2) is 7.51. The highest BCUT2D eigenvalue weighted by atomic mass is 19.1. The monoisotopic (exact) mass is 378 g/mol. The number of rotatable bonds is 6. The normalized spacial score (nSPS) is 10.8. The molecular formula is C20H19FN6O. The molecule has 0 aliphatic heterocycles. The number of methoxy groups -OCH3 is 1. The second-order valence-corrected chi connectivity index (χ2v) is 6.33. The highest BCUT2D eigenvalue weighted by molar-refractivity contribution is 5.61. The number of imidazole rings is 1. The number of nitrogens with one attached hydrogen (secondary N) is 1. The Labute approximate surface area is 161 Å². The Morgan fingerprint density at radius 2 is 1.93 bits per heavy atom. The van der Waals surface area contributed by atoms with E-state index < -0.39 is 0 Å². The van der Waals surface area contributed by atoms with Crippen LogP contribution < -0.4 is 15.0 Å². The number of benzene rings is 1. The molecule has 0 bridgehead atoms. The number of hydrogen-bond donors (Lipinski definition) is 1. The van der Waals surface area contributed by atoms with Crippen molar-refractivity contribution >= 4 is 23.0 Å². The van der Waals surface area contributed by atoms with Crippen LogP contribution in [0.15, 0.2) is 61.1 Å². The maximum atomic E-state index is 13.1. The third-order valence-corrected chi connectivity index (χ3v) is 4.29. The van der Waals surface area contributed by atoms with Gasteiger partial charge in [-0.3, -0.25) is 4.98 Å². The molecule has 0 fully saturated rings. The smallest absolute Gasteiger partial charge is 0.156 e. The first-order valence-corrected chi connectivity index (χ1v) is 8.69. The van der Waals surface area contributed by atoms with Crippen molar-refractivity contribution in [3.63, 3.8) is 0 Å². The minimum atomic E-state index is -0.243. The van der Waals surface area contributed by atoms with Gasteiger partial charge >= 0.3 is 0 Å². The van der Waals surface area contributed by atoms with Crippen LogP contribution >= 0.6 is 0 Å². The van der Waals surface area contributed by atoms with Gasteiger partial charge < -0.3 is 15.0 Å². The van der Waals surface area contributed by atoms with Crippen molar-refractivity contribution < 1.29 is 9.13 Å². The first-order chi connectivity index (χ1) is 13.6. The molecule has 0 radical (unpaired) electrons. The Balaban J connectivity index is 1.59. The zero-order valence-electron chi connectivity index (χ0n) is 15.5. The summed E-state index contributed by atoms with van der Waals surface area (Å²) in [6.07, 6.45) is 5.05. The van der Waals surface area contributed by atoms with Gasteiger partial charge in [-0.25, -0.2) is 9.37 Å². The van der Waals surface area contributed by atoms with Crippen LogP contribution in [0.4, 0.5) is 21.7 Å². The molecule has 0 atom stereocenters. The molecule has 0 amide bonds. The topological polar surface area (TPSA) is 67.6 Å². The minimum absolute atomic E-state index is 0.243. The van der Waals surface area contributed by atoms with E-state index in [0.717, 1.165) is 22.7 Å². The second-order valence-electron chi connectivity index (χ2n) is 6.33. The molecular weight excluding hydrogens is 359 g/mol. The molecule has 1 N–H and O–H groups in total. The lowest BCUT2D eigenvalue weighted by molar-refractivity contribution is 0.413. The molecule has 0 unspecified atom stereocenters. The first kappa shape index (κ1) is 17.7. The molecule has 0 saturated carbocycles. The van der Waals surface area contributed by atoms with Gasteiger partial charge in [-0.2, -0.15) is 4.52 Å². The number of nitrogens with zero attached hydrogens (tertiary/aromatic N) is 5. The summed E-state index contributed by atoms with van der Waals surface area (Å²) >= 11 is 0. The molecule has 0 aliphatic rings. The number of aromatic nitrogens is 4. The van der Waals surface area contributed by atoms with Crippen molar-refractivity contribution in [1.29, 1.82) is 0 Å². The van der Waals surface area contributed by atoms with Crippen LogP contribution in [0.1, 0.15) is 5.56 Å². The Hall–Kier alpha value is -3.68. The van der Waals surface area contributed by atoms with Crippen LogP contribution in [-0.2, 0) is 6.54 Å². The average Bonchev–Trinajstić information content (AvgIpc) is 3.12. The zero-order chi connectivity index (χ0) is 19.5. The highest BCUT2D eigenvalue weighted by Gasteiger charge is 2.10. The molecule has 3 aromatic heterocycles. The molecule has 4 rings (SSSR count). The summed E-state index contributed by atoms with van der Waals surface area (Å²) in [5.41, 5.74) is 2.49. The van der Waals surface area contributed by atoms with E-state index in [9.17, 15) is 4.39 Å². The zero-order valence-corrected chi connectivity index (χ0v) is 15.5. The summed E-state index contributed by atoms with van der Waals surface area (Å²) in [6, 6.07) is 12.1. The predicted molar refractivity (Wildman–Crippen MR) is 106 cm³/mol. The molecule has 1 aromatic carbocycles. The van der Waals surface area contributed by atoms with Crippen LogP contribution in [0.5, 0.6) is 5.75 Å². The number of hydrogen-bond acceptors (Lipinski definition) is 6. The lowest BCUT2D eigenvalue weighted by atomic mass is 10.2. The average molecular weight is 378 g/mol. The van der Waals surface area contributed by atoms with Crippen molar-refractivity contribution in [2.75, 3.05) is 24.4 Å². The largest absolute Gasteiger partial charge is 0.495 e. The summed E-state index contributed by atoms with van der Waals surface area (Å²) < 4.78 is 20.0. The van der Waals surface area contributed by atoms with Gasteiger partial charge in [-0.1, -0.05) is 12.1 Å². The summed E-state index contributed by atoms with van der Waals surface area (Å²) in [7, 11) is 3.54. The number of pyridine rings is 1. The Morgan fingerprint density at radius 3 is 2.71 bits per heavy atom. The lowest BCUT2D eigenvalue weighted by Gasteiger charge is -2.18. The molecule has 142 valence electrons. The van der Waals surface area contributed by atoms with Gasteiger partial charge in [0.1, 0.15) is 17.4 Å². The van der Waals surface area contributed by atoms with Crippen LogP contribution in [-0.4, -0.2) is 33.7 Å². The van der Waals surface area contributed by atoms with Crippen molar-refractivity contribution in [3.8, 4) is 5.75 Å². The van der Waals surface area contributed by atoms with E-state index in [-0.39, 0.29) is 5.82 Å². The lowest BCUT2D eigenvalue weighted by Crippen LogP contribution is -2.18. The van der Waals surface area contributed by atoms with Crippen LogP contribution in [0.3, 0.4) is 0 Å². The Kier molecular flexibility index (Phi) is 4.76. The molecule has 7 nitrogen and oxygen atoms in total. The SMILES string of the molecule is COc1cncc(Nc2cnc3ccc(N(C)Cc4ccc(F)cc4)nn23)c1. The number of ether oxygens (including phenoxy) is 1. The fourth-order valence-corrected chi connectivity index (χ4v) is 2.84. The summed E-state index contributed by atoms with van der Waals surface area (Å²) in [5.74, 6) is 1.89. The predicted octanol–water partition coefficient (Wildman–Crippen LogP) is 3.65.